The second-order valence-electron chi connectivity index (χ2n) is 3.49. The number of aromatic nitrogens is 1. The molecule has 1 heterocycles. The van der Waals surface area contributed by atoms with Gasteiger partial charge in [0.05, 0.1) is 0 Å². The van der Waals surface area contributed by atoms with Crippen LogP contribution in [0.5, 0.6) is 0 Å². The molecule has 0 atom stereocenters. The summed E-state index contributed by atoms with van der Waals surface area (Å²) in [6, 6.07) is 9.78. The van der Waals surface area contributed by atoms with Gasteiger partial charge < -0.3 is 5.21 Å². The highest BCUT2D eigenvalue weighted by atomic mass is 32.1. The number of rotatable bonds is 2. The fourth-order valence-corrected chi connectivity index (χ4v) is 1.75. The van der Waals surface area contributed by atoms with Crippen LogP contribution in [0.2, 0.25) is 0 Å². The van der Waals surface area contributed by atoms with Crippen LogP contribution in [-0.4, -0.2) is 0 Å². The van der Waals surface area contributed by atoms with E-state index in [1.54, 1.807) is 12.1 Å². The van der Waals surface area contributed by atoms with Gasteiger partial charge in [0, 0.05) is 18.1 Å². The Morgan fingerprint density at radius 3 is 2.81 bits per heavy atom. The van der Waals surface area contributed by atoms with Crippen LogP contribution in [0.3, 0.4) is 0 Å². The molecule has 2 rings (SSSR count). The Labute approximate surface area is 98.4 Å². The van der Waals surface area contributed by atoms with E-state index in [0.29, 0.717) is 16.2 Å². The summed E-state index contributed by atoms with van der Waals surface area (Å²) >= 11 is 4.12. The topological polar surface area (TPSA) is 26.9 Å². The first-order valence-electron chi connectivity index (χ1n) is 4.81. The molecule has 16 heavy (non-hydrogen) atoms. The second-order valence-corrected chi connectivity index (χ2v) is 3.91. The molecule has 82 valence electrons. The SMILES string of the molecule is [O-][n+]1cccc(Cc2cccc(F)c2)c1S. The van der Waals surface area contributed by atoms with Crippen molar-refractivity contribution >= 4 is 12.6 Å². The first kappa shape index (κ1) is 11.0. The van der Waals surface area contributed by atoms with Gasteiger partial charge in [-0.25, -0.2) is 4.39 Å². The lowest BCUT2D eigenvalue weighted by molar-refractivity contribution is -0.645. The van der Waals surface area contributed by atoms with Crippen molar-refractivity contribution in [1.29, 1.82) is 0 Å². The predicted molar refractivity (Wildman–Crippen MR) is 61.9 cm³/mol. The van der Waals surface area contributed by atoms with Crippen LogP contribution in [0.15, 0.2) is 47.6 Å². The van der Waals surface area contributed by atoms with Crippen LogP contribution in [-0.2, 0) is 6.42 Å². The van der Waals surface area contributed by atoms with Crippen LogP contribution < -0.4 is 4.73 Å². The summed E-state index contributed by atoms with van der Waals surface area (Å²) in [5.74, 6) is -0.274. The molecule has 0 aliphatic heterocycles. The standard InChI is InChI=1S/C12H10FNOS/c13-11-5-1-3-9(8-11)7-10-4-2-6-14(15)12(10)16/h1-6,8,16H,7H2. The van der Waals surface area contributed by atoms with Gasteiger partial charge in [0.1, 0.15) is 5.82 Å². The quantitative estimate of drug-likeness (QED) is 0.483. The maximum absolute atomic E-state index is 13.0. The lowest BCUT2D eigenvalue weighted by Gasteiger charge is -2.05. The molecule has 1 aromatic carbocycles. The van der Waals surface area contributed by atoms with E-state index in [1.807, 2.05) is 12.1 Å². The van der Waals surface area contributed by atoms with Crippen molar-refractivity contribution < 1.29 is 9.12 Å². The van der Waals surface area contributed by atoms with E-state index < -0.39 is 0 Å². The van der Waals surface area contributed by atoms with Gasteiger partial charge in [0.25, 0.3) is 5.03 Å². The number of halogens is 1. The van der Waals surface area contributed by atoms with E-state index in [0.717, 1.165) is 11.1 Å². The minimum absolute atomic E-state index is 0.274. The number of hydrogen-bond donors (Lipinski definition) is 1. The third-order valence-corrected chi connectivity index (χ3v) is 2.78. The molecule has 0 unspecified atom stereocenters. The molecule has 0 saturated carbocycles. The number of thiol groups is 1. The van der Waals surface area contributed by atoms with E-state index in [9.17, 15) is 9.60 Å². The molecule has 2 nitrogen and oxygen atoms in total. The number of pyridine rings is 1. The highest BCUT2D eigenvalue weighted by molar-refractivity contribution is 7.80. The fraction of sp³-hybridized carbons (Fsp3) is 0.0833. The molecule has 4 heteroatoms. The largest absolute Gasteiger partial charge is 0.618 e. The average molecular weight is 235 g/mol. The molecule has 0 radical (unpaired) electrons. The lowest BCUT2D eigenvalue weighted by atomic mass is 10.1. The highest BCUT2D eigenvalue weighted by Gasteiger charge is 2.08. The minimum Gasteiger partial charge on any atom is -0.618 e. The zero-order valence-corrected chi connectivity index (χ0v) is 9.32. The van der Waals surface area contributed by atoms with Crippen LogP contribution in [0.25, 0.3) is 0 Å². The normalized spacial score (nSPS) is 10.4. The van der Waals surface area contributed by atoms with Gasteiger partial charge in [-0.3, -0.25) is 0 Å². The molecule has 0 N–H and O–H groups in total. The van der Waals surface area contributed by atoms with E-state index in [4.69, 9.17) is 0 Å². The summed E-state index contributed by atoms with van der Waals surface area (Å²) in [6.45, 7) is 0. The summed E-state index contributed by atoms with van der Waals surface area (Å²) < 4.78 is 13.7. The molecule has 0 saturated heterocycles. The van der Waals surface area contributed by atoms with Crippen LogP contribution in [0.4, 0.5) is 4.39 Å². The molecule has 0 aliphatic carbocycles. The molecule has 0 bridgehead atoms. The van der Waals surface area contributed by atoms with Gasteiger partial charge in [0.15, 0.2) is 6.20 Å². The molecular formula is C12H10FNOS. The Hall–Kier alpha value is -1.55. The summed E-state index contributed by atoms with van der Waals surface area (Å²) in [6.07, 6.45) is 1.89. The Kier molecular flexibility index (Phi) is 3.10. The van der Waals surface area contributed by atoms with Crippen LogP contribution in [0, 0.1) is 11.0 Å². The predicted octanol–water partition coefficient (Wildman–Crippen LogP) is 2.34. The van der Waals surface area contributed by atoms with E-state index >= 15 is 0 Å². The van der Waals surface area contributed by atoms with Gasteiger partial charge in [-0.05, 0) is 23.8 Å². The molecule has 0 amide bonds. The van der Waals surface area contributed by atoms with Gasteiger partial charge in [-0.15, -0.1) is 0 Å². The monoisotopic (exact) mass is 235 g/mol. The smallest absolute Gasteiger partial charge is 0.251 e. The summed E-state index contributed by atoms with van der Waals surface area (Å²) in [5, 5.41) is 11.6. The van der Waals surface area contributed by atoms with Crippen LogP contribution in [0.1, 0.15) is 11.1 Å². The van der Waals surface area contributed by atoms with Crippen molar-refractivity contribution in [3.63, 3.8) is 0 Å². The van der Waals surface area contributed by atoms with Crippen LogP contribution >= 0.6 is 12.6 Å². The Morgan fingerprint density at radius 2 is 2.06 bits per heavy atom. The maximum Gasteiger partial charge on any atom is 0.251 e. The first-order valence-corrected chi connectivity index (χ1v) is 5.26. The van der Waals surface area contributed by atoms with E-state index in [1.165, 1.54) is 18.3 Å². The molecule has 0 fully saturated rings. The van der Waals surface area contributed by atoms with Gasteiger partial charge in [-0.2, -0.15) is 4.73 Å². The third kappa shape index (κ3) is 2.33. The first-order chi connectivity index (χ1) is 7.66. The maximum atomic E-state index is 13.0. The van der Waals surface area contributed by atoms with E-state index in [2.05, 4.69) is 12.6 Å². The lowest BCUT2D eigenvalue weighted by Crippen LogP contribution is -2.28. The molecule has 0 aliphatic rings. The summed E-state index contributed by atoms with van der Waals surface area (Å²) in [5.41, 5.74) is 1.60. The number of hydrogen-bond acceptors (Lipinski definition) is 2. The second kappa shape index (κ2) is 4.53. The zero-order chi connectivity index (χ0) is 11.5. The van der Waals surface area contributed by atoms with E-state index in [-0.39, 0.29) is 5.82 Å². The molecule has 0 spiro atoms. The van der Waals surface area contributed by atoms with Crippen molar-refractivity contribution in [3.05, 3.63) is 64.7 Å². The van der Waals surface area contributed by atoms with Crippen molar-refractivity contribution in [2.75, 3.05) is 0 Å². The van der Waals surface area contributed by atoms with Gasteiger partial charge >= 0.3 is 0 Å². The summed E-state index contributed by atoms with van der Waals surface area (Å²) in [4.78, 5) is 0. The number of benzene rings is 1. The number of nitrogens with zero attached hydrogens (tertiary/aromatic N) is 1. The molecule has 2 aromatic rings. The Balaban J connectivity index is 2.31. The van der Waals surface area contributed by atoms with Crippen molar-refractivity contribution in [3.8, 4) is 0 Å². The third-order valence-electron chi connectivity index (χ3n) is 2.30. The average Bonchev–Trinajstić information content (AvgIpc) is 2.25. The van der Waals surface area contributed by atoms with Crippen molar-refractivity contribution in [1.82, 2.24) is 0 Å². The van der Waals surface area contributed by atoms with Crippen molar-refractivity contribution in [2.24, 2.45) is 0 Å². The highest BCUT2D eigenvalue weighted by Crippen LogP contribution is 2.14. The minimum atomic E-state index is -0.274. The van der Waals surface area contributed by atoms with Gasteiger partial charge in [-0.1, -0.05) is 24.8 Å². The van der Waals surface area contributed by atoms with Crippen molar-refractivity contribution in [2.45, 2.75) is 11.4 Å². The molecular weight excluding hydrogens is 225 g/mol. The fourth-order valence-electron chi connectivity index (χ4n) is 1.53. The Bertz CT molecular complexity index is 516. The molecule has 1 aromatic heterocycles. The van der Waals surface area contributed by atoms with Gasteiger partial charge in [0.2, 0.25) is 0 Å². The summed E-state index contributed by atoms with van der Waals surface area (Å²) in [7, 11) is 0. The zero-order valence-electron chi connectivity index (χ0n) is 8.43. The Morgan fingerprint density at radius 1 is 1.25 bits per heavy atom.